The van der Waals surface area contributed by atoms with Crippen LogP contribution >= 0.6 is 15.9 Å². The summed E-state index contributed by atoms with van der Waals surface area (Å²) < 4.78 is 33.9. The summed E-state index contributed by atoms with van der Waals surface area (Å²) in [5.74, 6) is 1.11. The van der Waals surface area contributed by atoms with E-state index in [1.807, 2.05) is 0 Å². The lowest BCUT2D eigenvalue weighted by Crippen LogP contribution is -2.37. The highest BCUT2D eigenvalue weighted by Gasteiger charge is 2.27. The van der Waals surface area contributed by atoms with Gasteiger partial charge in [0.05, 0.1) is 7.11 Å². The van der Waals surface area contributed by atoms with Gasteiger partial charge in [0.15, 0.2) is 0 Å². The quantitative estimate of drug-likeness (QED) is 0.853. The van der Waals surface area contributed by atoms with Gasteiger partial charge in [-0.15, -0.1) is 0 Å². The zero-order valence-electron chi connectivity index (χ0n) is 12.4. The van der Waals surface area contributed by atoms with Crippen LogP contribution in [0.5, 0.6) is 5.75 Å². The van der Waals surface area contributed by atoms with Gasteiger partial charge in [-0.2, -0.15) is 0 Å². The van der Waals surface area contributed by atoms with Crippen LogP contribution in [0, 0.1) is 5.92 Å². The van der Waals surface area contributed by atoms with Crippen LogP contribution in [0.2, 0.25) is 0 Å². The van der Waals surface area contributed by atoms with E-state index in [0.717, 1.165) is 36.1 Å². The molecule has 0 saturated heterocycles. The van der Waals surface area contributed by atoms with Crippen LogP contribution in [0.15, 0.2) is 27.6 Å². The Kier molecular flexibility index (Phi) is 5.68. The maximum Gasteiger partial charge on any atom is 0.244 e. The Bertz CT molecular complexity index is 581. The van der Waals surface area contributed by atoms with Crippen LogP contribution in [0.3, 0.4) is 0 Å². The molecule has 1 aromatic rings. The Hall–Kier alpha value is -0.590. The highest BCUT2D eigenvalue weighted by molar-refractivity contribution is 9.10. The first-order chi connectivity index (χ1) is 9.96. The fraction of sp³-hybridized carbons (Fsp3) is 0.600. The molecule has 118 valence electrons. The summed E-state index contributed by atoms with van der Waals surface area (Å²) in [7, 11) is -2.07. The number of benzene rings is 1. The molecule has 1 aliphatic carbocycles. The molecule has 1 saturated carbocycles. The van der Waals surface area contributed by atoms with E-state index >= 15 is 0 Å². The third kappa shape index (κ3) is 4.20. The number of halogens is 1. The first kappa shape index (κ1) is 16.8. The molecule has 0 heterocycles. The molecule has 1 aromatic carbocycles. The van der Waals surface area contributed by atoms with Crippen molar-refractivity contribution < 1.29 is 13.2 Å². The Balaban J connectivity index is 2.14. The molecule has 1 aliphatic rings. The molecule has 0 amide bonds. The van der Waals surface area contributed by atoms with Crippen LogP contribution in [-0.4, -0.2) is 21.6 Å². The minimum Gasteiger partial charge on any atom is -0.495 e. The van der Waals surface area contributed by atoms with Crippen molar-refractivity contribution >= 4 is 26.0 Å². The summed E-state index contributed by atoms with van der Waals surface area (Å²) in [6.45, 7) is 2.20. The molecule has 0 bridgehead atoms. The number of hydrogen-bond donors (Lipinski definition) is 1. The summed E-state index contributed by atoms with van der Waals surface area (Å²) in [6, 6.07) is 5.04. The smallest absolute Gasteiger partial charge is 0.244 e. The van der Waals surface area contributed by atoms with Crippen molar-refractivity contribution in [2.24, 2.45) is 5.92 Å². The first-order valence-electron chi connectivity index (χ1n) is 7.32. The fourth-order valence-corrected chi connectivity index (χ4v) is 4.84. The molecule has 6 heteroatoms. The number of ether oxygens (including phenoxy) is 1. The Morgan fingerprint density at radius 3 is 2.52 bits per heavy atom. The first-order valence-corrected chi connectivity index (χ1v) is 9.59. The third-order valence-electron chi connectivity index (χ3n) is 4.16. The zero-order valence-corrected chi connectivity index (χ0v) is 14.8. The van der Waals surface area contributed by atoms with E-state index in [2.05, 4.69) is 27.6 Å². The lowest BCUT2D eigenvalue weighted by Gasteiger charge is -2.28. The van der Waals surface area contributed by atoms with Crippen LogP contribution in [0.4, 0.5) is 0 Å². The van der Waals surface area contributed by atoms with Gasteiger partial charge in [0.2, 0.25) is 10.0 Å². The number of sulfonamides is 1. The molecule has 4 nitrogen and oxygen atoms in total. The van der Waals surface area contributed by atoms with Gasteiger partial charge in [-0.25, -0.2) is 13.1 Å². The molecular weight excluding hydrogens is 354 g/mol. The van der Waals surface area contributed by atoms with E-state index in [-0.39, 0.29) is 10.9 Å². The van der Waals surface area contributed by atoms with Crippen molar-refractivity contribution in [1.29, 1.82) is 0 Å². The molecule has 2 rings (SSSR count). The molecule has 0 aliphatic heterocycles. The molecule has 0 radical (unpaired) electrons. The Morgan fingerprint density at radius 1 is 1.29 bits per heavy atom. The number of nitrogens with one attached hydrogen (secondary N) is 1. The molecule has 0 spiro atoms. The summed E-state index contributed by atoms with van der Waals surface area (Å²) in [4.78, 5) is 0.192. The lowest BCUT2D eigenvalue weighted by molar-refractivity contribution is 0.306. The van der Waals surface area contributed by atoms with E-state index in [0.29, 0.717) is 5.75 Å². The van der Waals surface area contributed by atoms with Gasteiger partial charge < -0.3 is 4.74 Å². The minimum atomic E-state index is -3.55. The predicted octanol–water partition coefficient (Wildman–Crippen LogP) is 3.70. The van der Waals surface area contributed by atoms with Crippen LogP contribution in [-0.2, 0) is 10.0 Å². The second kappa shape index (κ2) is 7.11. The monoisotopic (exact) mass is 375 g/mol. The molecule has 0 unspecified atom stereocenters. The second-order valence-corrected chi connectivity index (χ2v) is 8.14. The van der Waals surface area contributed by atoms with Crippen molar-refractivity contribution in [3.63, 3.8) is 0 Å². The van der Waals surface area contributed by atoms with Crippen molar-refractivity contribution in [3.05, 3.63) is 22.7 Å². The fourth-order valence-electron chi connectivity index (χ4n) is 2.83. The van der Waals surface area contributed by atoms with Gasteiger partial charge in [-0.3, -0.25) is 0 Å². The summed E-state index contributed by atoms with van der Waals surface area (Å²) in [5.41, 5.74) is 0. The summed E-state index contributed by atoms with van der Waals surface area (Å²) in [5, 5.41) is 0. The molecule has 1 N–H and O–H groups in total. The lowest BCUT2D eigenvalue weighted by atomic mass is 9.85. The van der Waals surface area contributed by atoms with Gasteiger partial charge in [0, 0.05) is 10.5 Å². The maximum absolute atomic E-state index is 12.6. The van der Waals surface area contributed by atoms with E-state index in [9.17, 15) is 8.42 Å². The molecule has 0 atom stereocenters. The van der Waals surface area contributed by atoms with Crippen LogP contribution < -0.4 is 9.46 Å². The molecular formula is C15H22BrNO3S. The van der Waals surface area contributed by atoms with E-state index in [1.165, 1.54) is 13.5 Å². The molecule has 1 fully saturated rings. The van der Waals surface area contributed by atoms with Gasteiger partial charge in [0.25, 0.3) is 0 Å². The standard InChI is InChI=1S/C15H22BrNO3S/c1-3-11-4-7-13(8-5-11)17-21(18,19)15-10-12(16)6-9-14(15)20-2/h6,9-11,13,17H,3-5,7-8H2,1-2H3. The van der Waals surface area contributed by atoms with E-state index in [4.69, 9.17) is 4.74 Å². The van der Waals surface area contributed by atoms with Crippen molar-refractivity contribution in [2.45, 2.75) is 50.0 Å². The normalized spacial score (nSPS) is 23.0. The SMILES string of the molecule is CCC1CCC(NS(=O)(=O)c2cc(Br)ccc2OC)CC1. The van der Waals surface area contributed by atoms with Gasteiger partial charge in [-0.1, -0.05) is 29.3 Å². The number of rotatable bonds is 5. The summed E-state index contributed by atoms with van der Waals surface area (Å²) >= 11 is 3.31. The average molecular weight is 376 g/mol. The van der Waals surface area contributed by atoms with Gasteiger partial charge in [-0.05, 0) is 49.8 Å². The van der Waals surface area contributed by atoms with Crippen molar-refractivity contribution in [1.82, 2.24) is 4.72 Å². The molecule has 0 aromatic heterocycles. The Labute approximate surface area is 135 Å². The highest BCUT2D eigenvalue weighted by atomic mass is 79.9. The zero-order chi connectivity index (χ0) is 15.5. The topological polar surface area (TPSA) is 55.4 Å². The van der Waals surface area contributed by atoms with Crippen LogP contribution in [0.25, 0.3) is 0 Å². The number of hydrogen-bond acceptors (Lipinski definition) is 3. The number of methoxy groups -OCH3 is 1. The highest BCUT2D eigenvalue weighted by Crippen LogP contribution is 2.30. The van der Waals surface area contributed by atoms with Crippen molar-refractivity contribution in [2.75, 3.05) is 7.11 Å². The molecule has 21 heavy (non-hydrogen) atoms. The largest absolute Gasteiger partial charge is 0.495 e. The second-order valence-electron chi connectivity index (χ2n) is 5.54. The minimum absolute atomic E-state index is 0.0292. The maximum atomic E-state index is 12.6. The summed E-state index contributed by atoms with van der Waals surface area (Å²) in [6.07, 6.45) is 5.19. The third-order valence-corrected chi connectivity index (χ3v) is 6.20. The average Bonchev–Trinajstić information content (AvgIpc) is 2.47. The Morgan fingerprint density at radius 2 is 1.95 bits per heavy atom. The van der Waals surface area contributed by atoms with E-state index in [1.54, 1.807) is 18.2 Å². The van der Waals surface area contributed by atoms with E-state index < -0.39 is 10.0 Å². The van der Waals surface area contributed by atoms with Crippen molar-refractivity contribution in [3.8, 4) is 5.75 Å². The van der Waals surface area contributed by atoms with Gasteiger partial charge >= 0.3 is 0 Å². The van der Waals surface area contributed by atoms with Crippen LogP contribution in [0.1, 0.15) is 39.0 Å². The predicted molar refractivity (Wildman–Crippen MR) is 87.1 cm³/mol. The van der Waals surface area contributed by atoms with Gasteiger partial charge in [0.1, 0.15) is 10.6 Å².